The SMILES string of the molecule is C[C@@H](N=[N+]=[N-])[C@H]1O[C@@H](S)[C@H]2OC(C)(C)OC21. The maximum absolute atomic E-state index is 8.42. The number of azide groups is 1. The van der Waals surface area contributed by atoms with Crippen LogP contribution in [0.4, 0.5) is 0 Å². The van der Waals surface area contributed by atoms with Crippen LogP contribution in [0, 0.1) is 0 Å². The molecule has 1 unspecified atom stereocenters. The van der Waals surface area contributed by atoms with Gasteiger partial charge in [0.2, 0.25) is 0 Å². The van der Waals surface area contributed by atoms with Crippen LogP contribution in [0.25, 0.3) is 10.4 Å². The van der Waals surface area contributed by atoms with Crippen molar-refractivity contribution in [3.05, 3.63) is 10.4 Å². The van der Waals surface area contributed by atoms with E-state index in [1.165, 1.54) is 0 Å². The molecule has 2 fully saturated rings. The Bertz CT molecular complexity index is 332. The second-order valence-electron chi connectivity index (χ2n) is 4.50. The lowest BCUT2D eigenvalue weighted by Crippen LogP contribution is -2.36. The van der Waals surface area contributed by atoms with E-state index < -0.39 is 5.79 Å². The van der Waals surface area contributed by atoms with Crippen molar-refractivity contribution in [3.8, 4) is 0 Å². The third kappa shape index (κ3) is 2.01. The van der Waals surface area contributed by atoms with Crippen LogP contribution in [0.1, 0.15) is 20.8 Å². The van der Waals surface area contributed by atoms with Gasteiger partial charge in [0.05, 0.1) is 12.1 Å². The largest absolute Gasteiger partial charge is 0.359 e. The van der Waals surface area contributed by atoms with Gasteiger partial charge in [-0.05, 0) is 19.4 Å². The van der Waals surface area contributed by atoms with Crippen LogP contribution in [0.5, 0.6) is 0 Å². The molecule has 0 aromatic heterocycles. The molecule has 0 N–H and O–H groups in total. The van der Waals surface area contributed by atoms with Gasteiger partial charge in [-0.1, -0.05) is 12.0 Å². The summed E-state index contributed by atoms with van der Waals surface area (Å²) in [4.78, 5) is 2.78. The van der Waals surface area contributed by atoms with Gasteiger partial charge in [0.1, 0.15) is 17.6 Å². The summed E-state index contributed by atoms with van der Waals surface area (Å²) in [5.41, 5.74) is 8.08. The second-order valence-corrected chi connectivity index (χ2v) is 5.01. The first-order valence-corrected chi connectivity index (χ1v) is 5.69. The molecule has 0 aromatic carbocycles. The smallest absolute Gasteiger partial charge is 0.164 e. The van der Waals surface area contributed by atoms with Gasteiger partial charge >= 0.3 is 0 Å². The first kappa shape index (κ1) is 12.0. The van der Waals surface area contributed by atoms with Crippen LogP contribution in [0.15, 0.2) is 5.11 Å². The van der Waals surface area contributed by atoms with E-state index in [0.29, 0.717) is 0 Å². The van der Waals surface area contributed by atoms with Crippen molar-refractivity contribution in [2.45, 2.75) is 56.3 Å². The predicted molar refractivity (Wildman–Crippen MR) is 60.1 cm³/mol. The van der Waals surface area contributed by atoms with Crippen molar-refractivity contribution in [2.75, 3.05) is 0 Å². The maximum Gasteiger partial charge on any atom is 0.164 e. The standard InChI is InChI=1S/C9H15N3O3S/c1-4(11-12-10)5-6-7(8(16)13-5)15-9(2,3)14-6/h4-8,16H,1-3H3/t4-,5-,6?,7+,8+/m1/s1. The number of hydrogen-bond donors (Lipinski definition) is 1. The molecule has 0 aliphatic carbocycles. The number of ether oxygens (including phenoxy) is 3. The van der Waals surface area contributed by atoms with E-state index >= 15 is 0 Å². The van der Waals surface area contributed by atoms with E-state index in [9.17, 15) is 0 Å². The second kappa shape index (κ2) is 4.09. The average molecular weight is 245 g/mol. The van der Waals surface area contributed by atoms with E-state index in [4.69, 9.17) is 19.7 Å². The Morgan fingerprint density at radius 3 is 2.62 bits per heavy atom. The van der Waals surface area contributed by atoms with Crippen LogP contribution < -0.4 is 0 Å². The first-order chi connectivity index (χ1) is 7.44. The molecule has 0 bridgehead atoms. The Morgan fingerprint density at radius 1 is 1.38 bits per heavy atom. The van der Waals surface area contributed by atoms with Crippen LogP contribution in [-0.2, 0) is 14.2 Å². The summed E-state index contributed by atoms with van der Waals surface area (Å²) in [5.74, 6) is -0.631. The molecular formula is C9H15N3O3S. The van der Waals surface area contributed by atoms with E-state index in [-0.39, 0.29) is 29.8 Å². The van der Waals surface area contributed by atoms with Gasteiger partial charge in [-0.25, -0.2) is 0 Å². The summed E-state index contributed by atoms with van der Waals surface area (Å²) in [7, 11) is 0. The van der Waals surface area contributed by atoms with E-state index in [1.54, 1.807) is 6.92 Å². The normalized spacial score (nSPS) is 42.5. The van der Waals surface area contributed by atoms with Gasteiger partial charge in [0.15, 0.2) is 5.79 Å². The third-order valence-corrected chi connectivity index (χ3v) is 3.19. The molecule has 0 aromatic rings. The molecule has 7 heteroatoms. The van der Waals surface area contributed by atoms with Gasteiger partial charge in [-0.3, -0.25) is 0 Å². The Labute approximate surface area is 99.3 Å². The topological polar surface area (TPSA) is 76.5 Å². The fourth-order valence-electron chi connectivity index (χ4n) is 2.14. The molecule has 6 nitrogen and oxygen atoms in total. The lowest BCUT2D eigenvalue weighted by Gasteiger charge is -2.24. The Balaban J connectivity index is 2.16. The molecule has 2 rings (SSSR count). The van der Waals surface area contributed by atoms with Crippen LogP contribution >= 0.6 is 12.6 Å². The third-order valence-electron chi connectivity index (χ3n) is 2.77. The Morgan fingerprint density at radius 2 is 2.00 bits per heavy atom. The highest BCUT2D eigenvalue weighted by molar-refractivity contribution is 7.80. The summed E-state index contributed by atoms with van der Waals surface area (Å²) in [6.45, 7) is 5.49. The number of nitrogens with zero attached hydrogens (tertiary/aromatic N) is 3. The molecule has 2 aliphatic heterocycles. The molecule has 2 saturated heterocycles. The Kier molecular flexibility index (Phi) is 3.07. The zero-order valence-corrected chi connectivity index (χ0v) is 10.3. The predicted octanol–water partition coefficient (Wildman–Crippen LogP) is 1.86. The maximum atomic E-state index is 8.42. The fraction of sp³-hybridized carbons (Fsp3) is 1.00. The van der Waals surface area contributed by atoms with Crippen LogP contribution in [-0.4, -0.2) is 35.6 Å². The van der Waals surface area contributed by atoms with Crippen LogP contribution in [0.2, 0.25) is 0 Å². The van der Waals surface area contributed by atoms with E-state index in [2.05, 4.69) is 22.7 Å². The lowest BCUT2D eigenvalue weighted by atomic mass is 10.1. The highest BCUT2D eigenvalue weighted by Gasteiger charge is 2.55. The van der Waals surface area contributed by atoms with Gasteiger partial charge in [-0.15, -0.1) is 12.6 Å². The zero-order valence-electron chi connectivity index (χ0n) is 9.40. The molecule has 2 heterocycles. The molecule has 0 spiro atoms. The molecule has 0 saturated carbocycles. The van der Waals surface area contributed by atoms with Crippen molar-refractivity contribution in [1.82, 2.24) is 0 Å². The van der Waals surface area contributed by atoms with E-state index in [0.717, 1.165) is 0 Å². The summed E-state index contributed by atoms with van der Waals surface area (Å²) in [5, 5.41) is 3.64. The van der Waals surface area contributed by atoms with Crippen molar-refractivity contribution in [2.24, 2.45) is 5.11 Å². The lowest BCUT2D eigenvalue weighted by molar-refractivity contribution is -0.179. The summed E-state index contributed by atoms with van der Waals surface area (Å²) in [6, 6.07) is -0.299. The summed E-state index contributed by atoms with van der Waals surface area (Å²) < 4.78 is 17.0. The van der Waals surface area contributed by atoms with Crippen molar-refractivity contribution < 1.29 is 14.2 Å². The van der Waals surface area contributed by atoms with Crippen molar-refractivity contribution in [3.63, 3.8) is 0 Å². The molecule has 16 heavy (non-hydrogen) atoms. The molecule has 0 radical (unpaired) electrons. The highest BCUT2D eigenvalue weighted by atomic mass is 32.1. The molecule has 0 amide bonds. The highest BCUT2D eigenvalue weighted by Crippen LogP contribution is 2.41. The molecule has 5 atom stereocenters. The van der Waals surface area contributed by atoms with E-state index in [1.807, 2.05) is 13.8 Å². The summed E-state index contributed by atoms with van der Waals surface area (Å²) in [6.07, 6.45) is -0.733. The quantitative estimate of drug-likeness (QED) is 0.349. The van der Waals surface area contributed by atoms with Gasteiger partial charge in [0, 0.05) is 4.91 Å². The number of rotatable bonds is 2. The zero-order chi connectivity index (χ0) is 11.9. The minimum atomic E-state index is -0.631. The minimum Gasteiger partial charge on any atom is -0.359 e. The Hall–Kier alpha value is -0.460. The average Bonchev–Trinajstić information content (AvgIpc) is 2.62. The monoisotopic (exact) mass is 245 g/mol. The minimum absolute atomic E-state index is 0.209. The molecular weight excluding hydrogens is 230 g/mol. The van der Waals surface area contributed by atoms with Gasteiger partial charge in [-0.2, -0.15) is 0 Å². The molecule has 2 aliphatic rings. The first-order valence-electron chi connectivity index (χ1n) is 5.18. The van der Waals surface area contributed by atoms with Gasteiger partial charge in [0.25, 0.3) is 0 Å². The summed E-state index contributed by atoms with van der Waals surface area (Å²) >= 11 is 4.30. The van der Waals surface area contributed by atoms with Crippen molar-refractivity contribution in [1.29, 1.82) is 0 Å². The number of thiol groups is 1. The fourth-order valence-corrected chi connectivity index (χ4v) is 2.51. The van der Waals surface area contributed by atoms with Gasteiger partial charge < -0.3 is 14.2 Å². The van der Waals surface area contributed by atoms with Crippen molar-refractivity contribution >= 4 is 12.6 Å². The molecule has 90 valence electrons. The number of fused-ring (bicyclic) bond motifs is 1. The van der Waals surface area contributed by atoms with Crippen LogP contribution in [0.3, 0.4) is 0 Å². The number of hydrogen-bond acceptors (Lipinski definition) is 5.